The molecule has 0 aliphatic heterocycles. The van der Waals surface area contributed by atoms with Gasteiger partial charge < -0.3 is 19.0 Å². The minimum atomic E-state index is -0.0362. The second-order valence-electron chi connectivity index (χ2n) is 7.81. The molecule has 0 aliphatic carbocycles. The maximum Gasteiger partial charge on any atom is 0.200 e. The molecule has 0 saturated heterocycles. The molecule has 0 bridgehead atoms. The van der Waals surface area contributed by atoms with Gasteiger partial charge in [0.15, 0.2) is 5.43 Å². The fourth-order valence-corrected chi connectivity index (χ4v) is 3.45. The summed E-state index contributed by atoms with van der Waals surface area (Å²) in [5.74, 6) is 0.725. The summed E-state index contributed by atoms with van der Waals surface area (Å²) in [5, 5.41) is 0.560. The molecule has 0 aliphatic rings. The fraction of sp³-hybridized carbons (Fsp3) is 0.375. The van der Waals surface area contributed by atoms with Gasteiger partial charge in [-0.2, -0.15) is 0 Å². The highest BCUT2D eigenvalue weighted by Gasteiger charge is 2.10. The Morgan fingerprint density at radius 1 is 0.967 bits per heavy atom. The predicted molar refractivity (Wildman–Crippen MR) is 126 cm³/mol. The monoisotopic (exact) mass is 472 g/mol. The third-order valence-electron chi connectivity index (χ3n) is 5.03. The molecular weight excluding hydrogens is 444 g/mol. The van der Waals surface area contributed by atoms with E-state index in [1.807, 2.05) is 30.3 Å². The zero-order valence-corrected chi connectivity index (χ0v) is 19.4. The summed E-state index contributed by atoms with van der Waals surface area (Å²) in [5.41, 5.74) is 1.90. The van der Waals surface area contributed by atoms with Crippen LogP contribution in [-0.2, 0) is 0 Å². The Morgan fingerprint density at radius 2 is 1.73 bits per heavy atom. The van der Waals surface area contributed by atoms with Crippen molar-refractivity contribution >= 4 is 26.9 Å². The molecule has 2 aromatic carbocycles. The molecule has 3 rings (SSSR count). The van der Waals surface area contributed by atoms with E-state index in [0.29, 0.717) is 23.1 Å². The first-order valence-electron chi connectivity index (χ1n) is 10.2. The third-order valence-corrected chi connectivity index (χ3v) is 5.56. The van der Waals surface area contributed by atoms with E-state index in [9.17, 15) is 4.79 Å². The quantitative estimate of drug-likeness (QED) is 0.393. The lowest BCUT2D eigenvalue weighted by molar-refractivity contribution is 0.259. The molecule has 1 heterocycles. The Bertz CT molecular complexity index is 1020. The minimum Gasteiger partial charge on any atom is -0.493 e. The van der Waals surface area contributed by atoms with Gasteiger partial charge in [0.05, 0.1) is 17.6 Å². The number of nitrogens with zero attached hydrogens (tertiary/aromatic N) is 2. The van der Waals surface area contributed by atoms with E-state index in [0.717, 1.165) is 48.3 Å². The minimum absolute atomic E-state index is 0.0362. The fourth-order valence-electron chi connectivity index (χ4n) is 3.18. The number of hydrogen-bond donors (Lipinski definition) is 0. The topological polar surface area (TPSA) is 45.9 Å². The lowest BCUT2D eigenvalue weighted by atomic mass is 10.1. The lowest BCUT2D eigenvalue weighted by Gasteiger charge is -2.19. The Morgan fingerprint density at radius 3 is 2.47 bits per heavy atom. The largest absolute Gasteiger partial charge is 0.493 e. The lowest BCUT2D eigenvalue weighted by Crippen LogP contribution is -2.29. The molecule has 0 spiro atoms. The first-order valence-corrected chi connectivity index (χ1v) is 11.0. The smallest absolute Gasteiger partial charge is 0.200 e. The van der Waals surface area contributed by atoms with E-state index in [1.54, 1.807) is 12.1 Å². The molecule has 5 nitrogen and oxygen atoms in total. The van der Waals surface area contributed by atoms with Crippen molar-refractivity contribution < 1.29 is 9.15 Å². The standard InChI is InChI=1S/C24H29BrN2O3/c1-26(2)13-14-27(3)12-4-5-15-29-20-10-11-21-23(16-20)30-17-22(24(21)28)18-6-8-19(25)9-7-18/h6-11,16-17H,4-5,12-15H2,1-3H3. The Balaban J connectivity index is 1.56. The van der Waals surface area contributed by atoms with Gasteiger partial charge in [-0.25, -0.2) is 0 Å². The maximum absolute atomic E-state index is 12.9. The number of likely N-dealkylation sites (N-methyl/N-ethyl adjacent to an activating group) is 2. The molecule has 1 aromatic heterocycles. The van der Waals surface area contributed by atoms with Crippen LogP contribution in [0.2, 0.25) is 0 Å². The van der Waals surface area contributed by atoms with Gasteiger partial charge in [0.25, 0.3) is 0 Å². The number of halogens is 1. The summed E-state index contributed by atoms with van der Waals surface area (Å²) in [6.07, 6.45) is 3.60. The number of hydrogen-bond acceptors (Lipinski definition) is 5. The normalized spacial score (nSPS) is 11.5. The van der Waals surface area contributed by atoms with E-state index in [-0.39, 0.29) is 5.43 Å². The predicted octanol–water partition coefficient (Wildman–Crippen LogP) is 4.87. The van der Waals surface area contributed by atoms with Crippen LogP contribution < -0.4 is 10.2 Å². The summed E-state index contributed by atoms with van der Waals surface area (Å²) in [6, 6.07) is 13.0. The van der Waals surface area contributed by atoms with Crippen LogP contribution in [0.5, 0.6) is 5.75 Å². The highest BCUT2D eigenvalue weighted by atomic mass is 79.9. The summed E-state index contributed by atoms with van der Waals surface area (Å²) in [7, 11) is 6.34. The molecule has 6 heteroatoms. The number of benzene rings is 2. The third kappa shape index (κ3) is 6.17. The van der Waals surface area contributed by atoms with Gasteiger partial charge in [0.1, 0.15) is 17.6 Å². The van der Waals surface area contributed by atoms with Gasteiger partial charge in [-0.15, -0.1) is 0 Å². The van der Waals surface area contributed by atoms with Crippen molar-refractivity contribution in [1.29, 1.82) is 0 Å². The van der Waals surface area contributed by atoms with Gasteiger partial charge >= 0.3 is 0 Å². The average Bonchev–Trinajstić information content (AvgIpc) is 2.73. The SMILES string of the molecule is CN(C)CCN(C)CCCCOc1ccc2c(=O)c(-c3ccc(Br)cc3)coc2c1. The van der Waals surface area contributed by atoms with Crippen LogP contribution in [0.25, 0.3) is 22.1 Å². The molecule has 0 radical (unpaired) electrons. The van der Waals surface area contributed by atoms with Crippen LogP contribution >= 0.6 is 15.9 Å². The maximum atomic E-state index is 12.9. The zero-order valence-electron chi connectivity index (χ0n) is 17.9. The molecular formula is C24H29BrN2O3. The van der Waals surface area contributed by atoms with Gasteiger partial charge in [-0.3, -0.25) is 4.79 Å². The number of ether oxygens (including phenoxy) is 1. The van der Waals surface area contributed by atoms with Crippen molar-refractivity contribution in [2.75, 3.05) is 47.4 Å². The van der Waals surface area contributed by atoms with Crippen molar-refractivity contribution in [3.63, 3.8) is 0 Å². The highest BCUT2D eigenvalue weighted by molar-refractivity contribution is 9.10. The summed E-state index contributed by atoms with van der Waals surface area (Å²) < 4.78 is 12.6. The van der Waals surface area contributed by atoms with E-state index in [4.69, 9.17) is 9.15 Å². The van der Waals surface area contributed by atoms with Crippen LogP contribution in [0.15, 0.2) is 62.4 Å². The van der Waals surface area contributed by atoms with Crippen LogP contribution in [0.3, 0.4) is 0 Å². The van der Waals surface area contributed by atoms with Crippen LogP contribution in [0.4, 0.5) is 0 Å². The molecule has 0 atom stereocenters. The summed E-state index contributed by atoms with van der Waals surface area (Å²) in [4.78, 5) is 17.4. The first kappa shape index (κ1) is 22.5. The molecule has 0 N–H and O–H groups in total. The molecule has 0 saturated carbocycles. The van der Waals surface area contributed by atoms with Crippen LogP contribution in [-0.4, -0.2) is 57.2 Å². The Hall–Kier alpha value is -2.15. The van der Waals surface area contributed by atoms with Crippen molar-refractivity contribution in [3.8, 4) is 16.9 Å². The zero-order chi connectivity index (χ0) is 21.5. The molecule has 0 fully saturated rings. The Kier molecular flexibility index (Phi) is 8.08. The number of rotatable bonds is 10. The van der Waals surface area contributed by atoms with Crippen molar-refractivity contribution in [1.82, 2.24) is 9.80 Å². The second-order valence-corrected chi connectivity index (χ2v) is 8.72. The molecule has 30 heavy (non-hydrogen) atoms. The van der Waals surface area contributed by atoms with Gasteiger partial charge in [0, 0.05) is 23.6 Å². The Labute approximate surface area is 186 Å². The number of fused-ring (bicyclic) bond motifs is 1. The number of unbranched alkanes of at least 4 members (excludes halogenated alkanes) is 1. The molecule has 160 valence electrons. The van der Waals surface area contributed by atoms with Crippen LogP contribution in [0.1, 0.15) is 12.8 Å². The van der Waals surface area contributed by atoms with Gasteiger partial charge in [-0.05, 0) is 70.4 Å². The van der Waals surface area contributed by atoms with Crippen molar-refractivity contribution in [3.05, 3.63) is 63.4 Å². The van der Waals surface area contributed by atoms with Crippen molar-refractivity contribution in [2.24, 2.45) is 0 Å². The van der Waals surface area contributed by atoms with Gasteiger partial charge in [0.2, 0.25) is 0 Å². The second kappa shape index (κ2) is 10.8. The summed E-state index contributed by atoms with van der Waals surface area (Å²) >= 11 is 3.41. The molecule has 0 amide bonds. The molecule has 3 aromatic rings. The van der Waals surface area contributed by atoms with Gasteiger partial charge in [-0.1, -0.05) is 28.1 Å². The first-order chi connectivity index (χ1) is 14.4. The highest BCUT2D eigenvalue weighted by Crippen LogP contribution is 2.24. The van der Waals surface area contributed by atoms with E-state index < -0.39 is 0 Å². The van der Waals surface area contributed by atoms with E-state index in [2.05, 4.69) is 46.9 Å². The molecule has 0 unspecified atom stereocenters. The summed E-state index contributed by atoms with van der Waals surface area (Å²) in [6.45, 7) is 3.84. The van der Waals surface area contributed by atoms with E-state index >= 15 is 0 Å². The van der Waals surface area contributed by atoms with Crippen molar-refractivity contribution in [2.45, 2.75) is 12.8 Å². The average molecular weight is 473 g/mol. The van der Waals surface area contributed by atoms with E-state index in [1.165, 1.54) is 6.26 Å². The van der Waals surface area contributed by atoms with Crippen LogP contribution in [0, 0.1) is 0 Å².